The summed E-state index contributed by atoms with van der Waals surface area (Å²) in [5.41, 5.74) is 7.90. The molecule has 5 N–H and O–H groups in total. The predicted molar refractivity (Wildman–Crippen MR) is 102 cm³/mol. The number of thiophene rings is 1. The molecule has 0 aliphatic rings. The number of anilines is 2. The van der Waals surface area contributed by atoms with Gasteiger partial charge >= 0.3 is 0 Å². The van der Waals surface area contributed by atoms with Gasteiger partial charge in [-0.25, -0.2) is 9.37 Å². The number of hydrogen-bond acceptors (Lipinski definition) is 5. The van der Waals surface area contributed by atoms with Crippen LogP contribution >= 0.6 is 11.3 Å². The predicted octanol–water partition coefficient (Wildman–Crippen LogP) is 3.91. The Morgan fingerprint density at radius 3 is 2.80 bits per heavy atom. The van der Waals surface area contributed by atoms with Gasteiger partial charge in [0, 0.05) is 22.0 Å². The molecule has 0 unspecified atom stereocenters. The minimum atomic E-state index is -0.303. The number of fused-ring (bicyclic) bond motifs is 3. The fourth-order valence-corrected chi connectivity index (χ4v) is 3.60. The minimum Gasteiger partial charge on any atom is -0.382 e. The zero-order chi connectivity index (χ0) is 17.4. The van der Waals surface area contributed by atoms with Gasteiger partial charge in [0.05, 0.1) is 10.2 Å². The Hall–Kier alpha value is -3.19. The van der Waals surface area contributed by atoms with Crippen LogP contribution in [0.1, 0.15) is 5.56 Å². The second kappa shape index (κ2) is 6.03. The van der Waals surface area contributed by atoms with E-state index in [0.29, 0.717) is 17.1 Å². The van der Waals surface area contributed by atoms with Gasteiger partial charge in [-0.3, -0.25) is 0 Å². The molecule has 0 aliphatic heterocycles. The normalized spacial score (nSPS) is 12.0. The fourth-order valence-electron chi connectivity index (χ4n) is 2.75. The Labute approximate surface area is 146 Å². The molecule has 0 bridgehead atoms. The van der Waals surface area contributed by atoms with Crippen molar-refractivity contribution in [1.82, 2.24) is 4.98 Å². The summed E-state index contributed by atoms with van der Waals surface area (Å²) in [5.74, 6) is 5.88. The van der Waals surface area contributed by atoms with Crippen molar-refractivity contribution in [3.05, 3.63) is 65.3 Å². The number of rotatable bonds is 3. The first-order valence-corrected chi connectivity index (χ1v) is 8.41. The van der Waals surface area contributed by atoms with Gasteiger partial charge in [0.2, 0.25) is 0 Å². The largest absolute Gasteiger partial charge is 0.382 e. The molecule has 0 saturated heterocycles. The molecule has 0 saturated carbocycles. The highest BCUT2D eigenvalue weighted by atomic mass is 32.1. The summed E-state index contributed by atoms with van der Waals surface area (Å²) in [6.45, 7) is 0. The number of hydrazone groups is 1. The number of aromatic nitrogens is 1. The van der Waals surface area contributed by atoms with Crippen molar-refractivity contribution in [3.8, 4) is 0 Å². The maximum Gasteiger partial charge on any atom is 0.150 e. The number of halogens is 1. The van der Waals surface area contributed by atoms with E-state index < -0.39 is 0 Å². The van der Waals surface area contributed by atoms with Crippen molar-refractivity contribution in [1.29, 1.82) is 0 Å². The van der Waals surface area contributed by atoms with Crippen LogP contribution in [0.15, 0.2) is 59.0 Å². The zero-order valence-corrected chi connectivity index (χ0v) is 13.8. The Morgan fingerprint density at radius 2 is 2.00 bits per heavy atom. The Bertz CT molecular complexity index is 1120. The van der Waals surface area contributed by atoms with Crippen LogP contribution in [0.2, 0.25) is 0 Å². The van der Waals surface area contributed by atoms with Crippen molar-refractivity contribution >= 4 is 49.7 Å². The third kappa shape index (κ3) is 2.74. The van der Waals surface area contributed by atoms with E-state index in [0.717, 1.165) is 21.0 Å². The molecule has 0 radical (unpaired) electrons. The van der Waals surface area contributed by atoms with Crippen molar-refractivity contribution in [2.24, 2.45) is 16.7 Å². The van der Waals surface area contributed by atoms with Gasteiger partial charge in [-0.05, 0) is 35.7 Å². The molecule has 2 heterocycles. The summed E-state index contributed by atoms with van der Waals surface area (Å²) in [6.07, 6.45) is 0. The van der Waals surface area contributed by atoms with Crippen LogP contribution in [0, 0.1) is 5.82 Å². The van der Waals surface area contributed by atoms with E-state index in [1.165, 1.54) is 12.1 Å². The van der Waals surface area contributed by atoms with Crippen LogP contribution in [0.3, 0.4) is 0 Å². The first kappa shape index (κ1) is 15.3. The second-order valence-corrected chi connectivity index (χ2v) is 6.42. The molecular formula is C18H14FN5S. The van der Waals surface area contributed by atoms with Gasteiger partial charge in [-0.2, -0.15) is 5.10 Å². The molecule has 0 fully saturated rings. The smallest absolute Gasteiger partial charge is 0.150 e. The van der Waals surface area contributed by atoms with E-state index in [9.17, 15) is 4.39 Å². The maximum atomic E-state index is 13.5. The summed E-state index contributed by atoms with van der Waals surface area (Å²) in [7, 11) is 0. The molecule has 25 heavy (non-hydrogen) atoms. The van der Waals surface area contributed by atoms with Crippen LogP contribution in [0.25, 0.3) is 21.0 Å². The van der Waals surface area contributed by atoms with Crippen LogP contribution in [-0.2, 0) is 0 Å². The molecule has 0 atom stereocenters. The van der Waals surface area contributed by atoms with Gasteiger partial charge in [0.25, 0.3) is 0 Å². The third-order valence-corrected chi connectivity index (χ3v) is 4.84. The molecule has 0 aliphatic carbocycles. The lowest BCUT2D eigenvalue weighted by molar-refractivity contribution is 0.628. The summed E-state index contributed by atoms with van der Waals surface area (Å²) in [5, 5.41) is 10.8. The van der Waals surface area contributed by atoms with Crippen molar-refractivity contribution in [2.75, 3.05) is 5.32 Å². The lowest BCUT2D eigenvalue weighted by atomic mass is 10.1. The summed E-state index contributed by atoms with van der Waals surface area (Å²) >= 11 is 1.58. The maximum absolute atomic E-state index is 13.5. The van der Waals surface area contributed by atoms with E-state index >= 15 is 0 Å². The fraction of sp³-hybridized carbons (Fsp3) is 0. The summed E-state index contributed by atoms with van der Waals surface area (Å²) < 4.78 is 14.5. The lowest BCUT2D eigenvalue weighted by Crippen LogP contribution is -2.15. The number of amidine groups is 1. The van der Waals surface area contributed by atoms with Gasteiger partial charge in [0.15, 0.2) is 0 Å². The van der Waals surface area contributed by atoms with Crippen LogP contribution in [0.4, 0.5) is 15.9 Å². The molecule has 0 spiro atoms. The number of nitrogens with zero attached hydrogens (tertiary/aromatic N) is 2. The number of hydrogen-bond donors (Lipinski definition) is 3. The minimum absolute atomic E-state index is 0.244. The highest BCUT2D eigenvalue weighted by Crippen LogP contribution is 2.35. The zero-order valence-electron chi connectivity index (χ0n) is 13.0. The van der Waals surface area contributed by atoms with Gasteiger partial charge < -0.3 is 16.9 Å². The number of nitrogens with one attached hydrogen (secondary N) is 1. The molecule has 4 aromatic rings. The summed E-state index contributed by atoms with van der Waals surface area (Å²) in [4.78, 5) is 4.70. The highest BCUT2D eigenvalue weighted by Gasteiger charge is 2.11. The topological polar surface area (TPSA) is 89.3 Å². The average Bonchev–Trinajstić information content (AvgIpc) is 3.11. The molecule has 124 valence electrons. The molecule has 5 nitrogen and oxygen atoms in total. The van der Waals surface area contributed by atoms with Crippen molar-refractivity contribution < 1.29 is 4.39 Å². The van der Waals surface area contributed by atoms with E-state index in [4.69, 9.17) is 16.6 Å². The molecule has 2 aromatic carbocycles. The quantitative estimate of drug-likeness (QED) is 0.226. The molecule has 4 rings (SSSR count). The molecule has 2 aromatic heterocycles. The van der Waals surface area contributed by atoms with Crippen molar-refractivity contribution in [2.45, 2.75) is 0 Å². The Balaban J connectivity index is 1.91. The van der Waals surface area contributed by atoms with Crippen LogP contribution in [0.5, 0.6) is 0 Å². The number of benzene rings is 2. The number of pyridine rings is 1. The second-order valence-electron chi connectivity index (χ2n) is 5.51. The number of nitrogens with two attached hydrogens (primary N) is 2. The van der Waals surface area contributed by atoms with Crippen LogP contribution < -0.4 is 16.9 Å². The average molecular weight is 351 g/mol. The first-order chi connectivity index (χ1) is 12.2. The van der Waals surface area contributed by atoms with Gasteiger partial charge in [-0.1, -0.05) is 18.2 Å². The summed E-state index contributed by atoms with van der Waals surface area (Å²) in [6, 6.07) is 14.0. The van der Waals surface area contributed by atoms with E-state index in [2.05, 4.69) is 10.4 Å². The molecular weight excluding hydrogens is 337 g/mol. The SMILES string of the molecule is N/N=C(\N)c1ccc2c(c1)nc(Nc1cccc(F)c1)c1sccc12. The third-order valence-electron chi connectivity index (χ3n) is 3.92. The highest BCUT2D eigenvalue weighted by molar-refractivity contribution is 7.18. The Morgan fingerprint density at radius 1 is 1.12 bits per heavy atom. The monoisotopic (exact) mass is 351 g/mol. The van der Waals surface area contributed by atoms with Crippen molar-refractivity contribution in [3.63, 3.8) is 0 Å². The lowest BCUT2D eigenvalue weighted by Gasteiger charge is -2.10. The van der Waals surface area contributed by atoms with Crippen LogP contribution in [-0.4, -0.2) is 10.8 Å². The van der Waals surface area contributed by atoms with E-state index in [1.54, 1.807) is 23.5 Å². The molecule has 7 heteroatoms. The molecule has 0 amide bonds. The Kier molecular flexibility index (Phi) is 3.70. The van der Waals surface area contributed by atoms with E-state index in [1.807, 2.05) is 29.6 Å². The van der Waals surface area contributed by atoms with Gasteiger partial charge in [-0.15, -0.1) is 11.3 Å². The first-order valence-electron chi connectivity index (χ1n) is 7.53. The van der Waals surface area contributed by atoms with Gasteiger partial charge in [0.1, 0.15) is 17.5 Å². The standard InChI is InChI=1S/C18H14FN5S/c19-11-2-1-3-12(9-11)22-18-16-14(6-7-25-16)13-5-4-10(17(20)24-21)8-15(13)23-18/h1-9H,21H2,(H2,20,24)(H,22,23). The van der Waals surface area contributed by atoms with E-state index in [-0.39, 0.29) is 11.7 Å².